The Balaban J connectivity index is 1.98. The molecule has 0 aliphatic heterocycles. The largest absolute Gasteiger partial charge is 0.305 e. The monoisotopic (exact) mass is 329 g/mol. The standard InChI is InChI=1S/C13H13BrClNS/c1-9(11-4-2-3-5-12(11)14)16-8-10-6-7-13(15)17-10/h2-7,9,16H,8H2,1H3. The highest BCUT2D eigenvalue weighted by atomic mass is 79.9. The lowest BCUT2D eigenvalue weighted by molar-refractivity contribution is 0.577. The van der Waals surface area contributed by atoms with Gasteiger partial charge in [-0.25, -0.2) is 0 Å². The van der Waals surface area contributed by atoms with E-state index < -0.39 is 0 Å². The number of rotatable bonds is 4. The Morgan fingerprint density at radius 3 is 2.71 bits per heavy atom. The molecule has 1 nitrogen and oxygen atoms in total. The van der Waals surface area contributed by atoms with Crippen molar-refractivity contribution < 1.29 is 0 Å². The fourth-order valence-corrected chi connectivity index (χ4v) is 3.30. The minimum atomic E-state index is 0.312. The fourth-order valence-electron chi connectivity index (χ4n) is 1.64. The van der Waals surface area contributed by atoms with Gasteiger partial charge in [0.2, 0.25) is 0 Å². The second kappa shape index (κ2) is 6.01. The summed E-state index contributed by atoms with van der Waals surface area (Å²) in [6.45, 7) is 3.01. The van der Waals surface area contributed by atoms with Gasteiger partial charge < -0.3 is 5.32 Å². The predicted octanol–water partition coefficient (Wildman–Crippen LogP) is 5.01. The van der Waals surface area contributed by atoms with Gasteiger partial charge in [-0.15, -0.1) is 11.3 Å². The quantitative estimate of drug-likeness (QED) is 0.830. The third-order valence-corrected chi connectivity index (χ3v) is 4.54. The molecule has 0 aliphatic rings. The zero-order chi connectivity index (χ0) is 12.3. The number of hydrogen-bond acceptors (Lipinski definition) is 2. The molecule has 0 radical (unpaired) electrons. The highest BCUT2D eigenvalue weighted by molar-refractivity contribution is 9.10. The van der Waals surface area contributed by atoms with Gasteiger partial charge in [0.15, 0.2) is 0 Å². The summed E-state index contributed by atoms with van der Waals surface area (Å²) < 4.78 is 1.99. The van der Waals surface area contributed by atoms with Crippen molar-refractivity contribution in [1.29, 1.82) is 0 Å². The average Bonchev–Trinajstić information content (AvgIpc) is 2.73. The van der Waals surface area contributed by atoms with Crippen molar-refractivity contribution in [3.8, 4) is 0 Å². The predicted molar refractivity (Wildman–Crippen MR) is 78.7 cm³/mol. The van der Waals surface area contributed by atoms with Crippen LogP contribution in [0.15, 0.2) is 40.9 Å². The van der Waals surface area contributed by atoms with Crippen molar-refractivity contribution in [3.63, 3.8) is 0 Å². The summed E-state index contributed by atoms with van der Waals surface area (Å²) in [5.41, 5.74) is 1.27. The van der Waals surface area contributed by atoms with Crippen molar-refractivity contribution in [1.82, 2.24) is 5.32 Å². The lowest BCUT2D eigenvalue weighted by Crippen LogP contribution is -2.17. The van der Waals surface area contributed by atoms with E-state index in [1.54, 1.807) is 11.3 Å². The van der Waals surface area contributed by atoms with Gasteiger partial charge in [0, 0.05) is 21.9 Å². The van der Waals surface area contributed by atoms with E-state index in [0.717, 1.165) is 15.4 Å². The van der Waals surface area contributed by atoms with Crippen LogP contribution >= 0.6 is 38.9 Å². The van der Waals surface area contributed by atoms with Crippen LogP contribution in [-0.4, -0.2) is 0 Å². The van der Waals surface area contributed by atoms with Crippen LogP contribution in [0.1, 0.15) is 23.4 Å². The fraction of sp³-hybridized carbons (Fsp3) is 0.231. The van der Waals surface area contributed by atoms with Crippen LogP contribution < -0.4 is 5.32 Å². The Labute approximate surface area is 119 Å². The average molecular weight is 331 g/mol. The van der Waals surface area contributed by atoms with Crippen LogP contribution in [0.3, 0.4) is 0 Å². The van der Waals surface area contributed by atoms with Gasteiger partial charge >= 0.3 is 0 Å². The molecule has 0 bridgehead atoms. The van der Waals surface area contributed by atoms with E-state index >= 15 is 0 Å². The topological polar surface area (TPSA) is 12.0 Å². The second-order valence-corrected chi connectivity index (χ2v) is 6.48. The maximum Gasteiger partial charge on any atom is 0.0931 e. The molecule has 4 heteroatoms. The lowest BCUT2D eigenvalue weighted by Gasteiger charge is -2.15. The molecule has 2 aromatic rings. The summed E-state index contributed by atoms with van der Waals surface area (Å²) in [4.78, 5) is 1.26. The van der Waals surface area contributed by atoms with E-state index in [-0.39, 0.29) is 0 Å². The Morgan fingerprint density at radius 1 is 1.29 bits per heavy atom. The van der Waals surface area contributed by atoms with Crippen molar-refractivity contribution in [2.75, 3.05) is 0 Å². The number of benzene rings is 1. The molecule has 2 rings (SSSR count). The number of nitrogens with one attached hydrogen (secondary N) is 1. The first-order valence-corrected chi connectivity index (χ1v) is 7.37. The Hall–Kier alpha value is -0.350. The summed E-state index contributed by atoms with van der Waals surface area (Å²) in [7, 11) is 0. The molecule has 0 saturated carbocycles. The molecule has 1 atom stereocenters. The van der Waals surface area contributed by atoms with Gasteiger partial charge in [-0.3, -0.25) is 0 Å². The molecule has 0 spiro atoms. The van der Waals surface area contributed by atoms with Crippen molar-refractivity contribution in [2.45, 2.75) is 19.5 Å². The number of hydrogen-bond donors (Lipinski definition) is 1. The second-order valence-electron chi connectivity index (χ2n) is 3.83. The molecule has 90 valence electrons. The van der Waals surface area contributed by atoms with E-state index in [0.29, 0.717) is 6.04 Å². The van der Waals surface area contributed by atoms with E-state index in [1.807, 2.05) is 12.1 Å². The molecule has 1 aromatic carbocycles. The first kappa shape index (κ1) is 13.1. The van der Waals surface area contributed by atoms with E-state index in [4.69, 9.17) is 11.6 Å². The van der Waals surface area contributed by atoms with Gasteiger partial charge in [-0.1, -0.05) is 45.7 Å². The van der Waals surface area contributed by atoms with Crippen molar-refractivity contribution in [3.05, 3.63) is 55.6 Å². The molecule has 1 N–H and O–H groups in total. The lowest BCUT2D eigenvalue weighted by atomic mass is 10.1. The smallest absolute Gasteiger partial charge is 0.0931 e. The minimum absolute atomic E-state index is 0.312. The molecule has 1 aromatic heterocycles. The van der Waals surface area contributed by atoms with Crippen LogP contribution in [0, 0.1) is 0 Å². The minimum Gasteiger partial charge on any atom is -0.305 e. The van der Waals surface area contributed by atoms with E-state index in [9.17, 15) is 0 Å². The summed E-state index contributed by atoms with van der Waals surface area (Å²) >= 11 is 11.1. The van der Waals surface area contributed by atoms with Crippen molar-refractivity contribution in [2.24, 2.45) is 0 Å². The van der Waals surface area contributed by atoms with Crippen LogP contribution in [0.2, 0.25) is 4.34 Å². The van der Waals surface area contributed by atoms with Gasteiger partial charge in [0.1, 0.15) is 0 Å². The Bertz CT molecular complexity index is 498. The molecular weight excluding hydrogens is 318 g/mol. The Kier molecular flexibility index (Phi) is 4.62. The third kappa shape index (κ3) is 3.55. The van der Waals surface area contributed by atoms with Gasteiger partial charge in [-0.05, 0) is 30.7 Å². The first-order chi connectivity index (χ1) is 8.16. The first-order valence-electron chi connectivity index (χ1n) is 5.39. The van der Waals surface area contributed by atoms with Crippen LogP contribution in [0.5, 0.6) is 0 Å². The van der Waals surface area contributed by atoms with Crippen LogP contribution in [0.4, 0.5) is 0 Å². The van der Waals surface area contributed by atoms with E-state index in [2.05, 4.69) is 52.4 Å². The molecule has 0 amide bonds. The highest BCUT2D eigenvalue weighted by Crippen LogP contribution is 2.25. The molecule has 1 unspecified atom stereocenters. The highest BCUT2D eigenvalue weighted by Gasteiger charge is 2.08. The molecule has 1 heterocycles. The molecule has 0 saturated heterocycles. The molecule has 0 aliphatic carbocycles. The van der Waals surface area contributed by atoms with Gasteiger partial charge in [-0.2, -0.15) is 0 Å². The summed E-state index contributed by atoms with van der Waals surface area (Å²) in [6, 6.07) is 12.6. The van der Waals surface area contributed by atoms with Crippen LogP contribution in [0.25, 0.3) is 0 Å². The third-order valence-electron chi connectivity index (χ3n) is 2.58. The maximum absolute atomic E-state index is 5.90. The zero-order valence-corrected chi connectivity index (χ0v) is 12.6. The summed E-state index contributed by atoms with van der Waals surface area (Å²) in [6.07, 6.45) is 0. The Morgan fingerprint density at radius 2 is 2.06 bits per heavy atom. The van der Waals surface area contributed by atoms with Crippen LogP contribution in [-0.2, 0) is 6.54 Å². The SMILES string of the molecule is CC(NCc1ccc(Cl)s1)c1ccccc1Br. The molecular formula is C13H13BrClNS. The van der Waals surface area contributed by atoms with Gasteiger partial charge in [0.05, 0.1) is 4.34 Å². The normalized spacial score (nSPS) is 12.6. The number of halogens is 2. The maximum atomic E-state index is 5.90. The molecule has 0 fully saturated rings. The van der Waals surface area contributed by atoms with Gasteiger partial charge in [0.25, 0.3) is 0 Å². The van der Waals surface area contributed by atoms with Crippen molar-refractivity contribution >= 4 is 38.9 Å². The van der Waals surface area contributed by atoms with E-state index in [1.165, 1.54) is 10.4 Å². The molecule has 17 heavy (non-hydrogen) atoms. The zero-order valence-electron chi connectivity index (χ0n) is 9.41. The summed E-state index contributed by atoms with van der Waals surface area (Å²) in [5.74, 6) is 0. The number of thiophene rings is 1. The summed E-state index contributed by atoms with van der Waals surface area (Å²) in [5, 5.41) is 3.49.